The van der Waals surface area contributed by atoms with Crippen molar-refractivity contribution in [3.05, 3.63) is 142 Å². The smallest absolute Gasteiger partial charge is 0.259 e. The molecule has 7 heteroatoms. The summed E-state index contributed by atoms with van der Waals surface area (Å²) in [6, 6.07) is 32.0. The zero-order chi connectivity index (χ0) is 34.2. The first-order valence-electron chi connectivity index (χ1n) is 17.2. The van der Waals surface area contributed by atoms with Crippen LogP contribution in [0.3, 0.4) is 0 Å². The van der Waals surface area contributed by atoms with Gasteiger partial charge in [0.25, 0.3) is 11.8 Å². The first-order valence-corrected chi connectivity index (χ1v) is 17.2. The minimum atomic E-state index is -0.147. The summed E-state index contributed by atoms with van der Waals surface area (Å²) in [6.45, 7) is 7.39. The number of phenols is 1. The van der Waals surface area contributed by atoms with Crippen molar-refractivity contribution in [2.75, 3.05) is 25.0 Å². The third kappa shape index (κ3) is 6.39. The van der Waals surface area contributed by atoms with Gasteiger partial charge < -0.3 is 19.5 Å². The molecule has 0 spiro atoms. The van der Waals surface area contributed by atoms with E-state index in [1.54, 1.807) is 36.2 Å². The summed E-state index contributed by atoms with van der Waals surface area (Å²) in [5.41, 5.74) is 10.8. The average molecular weight is 653 g/mol. The van der Waals surface area contributed by atoms with Crippen LogP contribution in [0.25, 0.3) is 11.3 Å². The Balaban J connectivity index is 1.26. The number of phenolic OH excluding ortho intramolecular Hbond substituents is 1. The van der Waals surface area contributed by atoms with Crippen molar-refractivity contribution in [2.45, 2.75) is 52.2 Å². The monoisotopic (exact) mass is 652 g/mol. The quantitative estimate of drug-likeness (QED) is 0.203. The molecule has 250 valence electrons. The van der Waals surface area contributed by atoms with Gasteiger partial charge in [-0.1, -0.05) is 54.6 Å². The second kappa shape index (κ2) is 13.4. The van der Waals surface area contributed by atoms with Crippen molar-refractivity contribution in [1.29, 1.82) is 0 Å². The highest BCUT2D eigenvalue weighted by Gasteiger charge is 2.32. The summed E-state index contributed by atoms with van der Waals surface area (Å²) in [4.78, 5) is 34.7. The Bertz CT molecular complexity index is 2010. The fourth-order valence-corrected chi connectivity index (χ4v) is 7.43. The number of anilines is 1. The van der Waals surface area contributed by atoms with Crippen LogP contribution in [-0.4, -0.2) is 57.5 Å². The molecule has 0 fully saturated rings. The fourth-order valence-electron chi connectivity index (χ4n) is 7.43. The Kier molecular flexibility index (Phi) is 8.86. The predicted molar refractivity (Wildman–Crippen MR) is 195 cm³/mol. The van der Waals surface area contributed by atoms with Gasteiger partial charge >= 0.3 is 0 Å². The molecule has 4 aromatic carbocycles. The van der Waals surface area contributed by atoms with Gasteiger partial charge in [0.05, 0.1) is 5.56 Å². The van der Waals surface area contributed by atoms with E-state index in [9.17, 15) is 14.7 Å². The van der Waals surface area contributed by atoms with Crippen molar-refractivity contribution >= 4 is 17.5 Å². The number of hydrogen-bond acceptors (Lipinski definition) is 4. The number of aromatic nitrogens is 1. The van der Waals surface area contributed by atoms with Gasteiger partial charge in [-0.05, 0) is 103 Å². The summed E-state index contributed by atoms with van der Waals surface area (Å²) in [5, 5.41) is 9.77. The van der Waals surface area contributed by atoms with Gasteiger partial charge in [-0.15, -0.1) is 0 Å². The lowest BCUT2D eigenvalue weighted by Crippen LogP contribution is -2.43. The van der Waals surface area contributed by atoms with Gasteiger partial charge in [-0.2, -0.15) is 0 Å². The van der Waals surface area contributed by atoms with Crippen LogP contribution in [0.15, 0.2) is 97.1 Å². The van der Waals surface area contributed by atoms with E-state index in [2.05, 4.69) is 72.5 Å². The second-order valence-electron chi connectivity index (χ2n) is 13.7. The molecule has 7 nitrogen and oxygen atoms in total. The molecule has 2 amide bonds. The van der Waals surface area contributed by atoms with Crippen LogP contribution in [0.5, 0.6) is 5.75 Å². The molecule has 0 unspecified atom stereocenters. The van der Waals surface area contributed by atoms with E-state index in [0.29, 0.717) is 23.4 Å². The van der Waals surface area contributed by atoms with Gasteiger partial charge in [0.15, 0.2) is 0 Å². The lowest BCUT2D eigenvalue weighted by atomic mass is 9.89. The van der Waals surface area contributed by atoms with Gasteiger partial charge in [-0.3, -0.25) is 14.5 Å². The van der Waals surface area contributed by atoms with E-state index in [1.807, 2.05) is 35.6 Å². The highest BCUT2D eigenvalue weighted by molar-refractivity contribution is 6.08. The molecule has 2 aliphatic heterocycles. The number of carbonyl (C=O) groups is 2. The number of aromatic hydroxyl groups is 1. The second-order valence-corrected chi connectivity index (χ2v) is 13.7. The number of fused-ring (bicyclic) bond motifs is 2. The zero-order valence-corrected chi connectivity index (χ0v) is 28.8. The van der Waals surface area contributed by atoms with E-state index in [1.165, 1.54) is 27.8 Å². The molecule has 1 atom stereocenters. The molecule has 49 heavy (non-hydrogen) atoms. The van der Waals surface area contributed by atoms with Gasteiger partial charge in [0.1, 0.15) is 5.75 Å². The maximum absolute atomic E-state index is 14.8. The lowest BCUT2D eigenvalue weighted by molar-refractivity contribution is 0.0658. The number of hydrogen-bond donors (Lipinski definition) is 1. The molecule has 5 aromatic rings. The van der Waals surface area contributed by atoms with Crippen molar-refractivity contribution in [3.8, 4) is 17.0 Å². The molecule has 2 aliphatic rings. The third-order valence-electron chi connectivity index (χ3n) is 10.6. The van der Waals surface area contributed by atoms with Crippen LogP contribution >= 0.6 is 0 Å². The zero-order valence-electron chi connectivity index (χ0n) is 28.8. The van der Waals surface area contributed by atoms with Crippen LogP contribution in [-0.2, 0) is 39.4 Å². The summed E-state index contributed by atoms with van der Waals surface area (Å²) >= 11 is 0. The topological polar surface area (TPSA) is 69.0 Å². The summed E-state index contributed by atoms with van der Waals surface area (Å²) < 4.78 is 2.04. The number of amides is 2. The Hall–Kier alpha value is -5.14. The highest BCUT2D eigenvalue weighted by atomic mass is 16.3. The first-order chi connectivity index (χ1) is 23.7. The Morgan fingerprint density at radius 1 is 0.837 bits per heavy atom. The first kappa shape index (κ1) is 32.4. The van der Waals surface area contributed by atoms with Gasteiger partial charge in [0, 0.05) is 74.5 Å². The molecule has 3 heterocycles. The minimum Gasteiger partial charge on any atom is -0.508 e. The van der Waals surface area contributed by atoms with E-state index in [-0.39, 0.29) is 23.6 Å². The number of benzene rings is 4. The highest BCUT2D eigenvalue weighted by Crippen LogP contribution is 2.36. The summed E-state index contributed by atoms with van der Waals surface area (Å²) in [5.74, 6) is 0.0264. The van der Waals surface area contributed by atoms with Crippen molar-refractivity contribution < 1.29 is 14.7 Å². The molecule has 0 bridgehead atoms. The van der Waals surface area contributed by atoms with E-state index in [4.69, 9.17) is 0 Å². The van der Waals surface area contributed by atoms with E-state index >= 15 is 0 Å². The molecule has 7 rings (SSSR count). The Morgan fingerprint density at radius 2 is 1.55 bits per heavy atom. The van der Waals surface area contributed by atoms with Crippen LogP contribution < -0.4 is 4.90 Å². The summed E-state index contributed by atoms with van der Waals surface area (Å²) in [6.07, 6.45) is 2.71. The largest absolute Gasteiger partial charge is 0.508 e. The Labute approximate surface area is 289 Å². The van der Waals surface area contributed by atoms with Crippen LogP contribution in [0, 0.1) is 6.92 Å². The van der Waals surface area contributed by atoms with Gasteiger partial charge in [0.2, 0.25) is 0 Å². The normalized spacial score (nSPS) is 15.8. The fraction of sp³-hybridized carbons (Fsp3) is 0.286. The van der Waals surface area contributed by atoms with Crippen LogP contribution in [0.2, 0.25) is 0 Å². The van der Waals surface area contributed by atoms with Crippen LogP contribution in [0.4, 0.5) is 5.69 Å². The third-order valence-corrected chi connectivity index (χ3v) is 10.6. The van der Waals surface area contributed by atoms with E-state index in [0.717, 1.165) is 55.8 Å². The molecule has 0 aliphatic carbocycles. The number of rotatable bonds is 7. The maximum Gasteiger partial charge on any atom is 0.259 e. The summed E-state index contributed by atoms with van der Waals surface area (Å²) in [7, 11) is 3.72. The van der Waals surface area contributed by atoms with Crippen molar-refractivity contribution in [3.63, 3.8) is 0 Å². The van der Waals surface area contributed by atoms with E-state index < -0.39 is 0 Å². The predicted octanol–water partition coefficient (Wildman–Crippen LogP) is 7.17. The molecule has 0 saturated carbocycles. The maximum atomic E-state index is 14.8. The minimum absolute atomic E-state index is 0.0224. The molecule has 1 aromatic heterocycles. The number of carbonyl (C=O) groups excluding carboxylic acids is 2. The SMILES string of the molecule is Cc1c(C(=O)N(C)c2ccc(O)cc2)cc(-c2cc3c(cc2C(=O)N2Cc4ccccc4C[C@H]2C)CN(CCc2ccccc2)CC3)n1C. The average Bonchev–Trinajstić information content (AvgIpc) is 3.42. The van der Waals surface area contributed by atoms with Gasteiger partial charge in [-0.25, -0.2) is 0 Å². The standard InChI is InChI=1S/C42H44N4O3/c1-28-22-31-12-8-9-13-33(31)27-46(28)42(49)39-24-34-26-45(20-18-30-10-6-5-7-11-30)21-19-32(34)23-38(39)40-25-37(29(2)43(40)3)41(48)44(4)35-14-16-36(47)17-15-35/h5-17,23-25,28,47H,18-22,26-27H2,1-4H3/t28-/m1/s1. The lowest BCUT2D eigenvalue weighted by Gasteiger charge is -2.36. The molecule has 0 radical (unpaired) electrons. The van der Waals surface area contributed by atoms with Crippen LogP contribution in [0.1, 0.15) is 61.2 Å². The number of nitrogens with zero attached hydrogens (tertiary/aromatic N) is 4. The molecular weight excluding hydrogens is 608 g/mol. The van der Waals surface area contributed by atoms with Crippen molar-refractivity contribution in [2.24, 2.45) is 7.05 Å². The molecule has 0 saturated heterocycles. The van der Waals surface area contributed by atoms with Crippen molar-refractivity contribution in [1.82, 2.24) is 14.4 Å². The molecular formula is C42H44N4O3. The Morgan fingerprint density at radius 3 is 2.31 bits per heavy atom. The molecule has 1 N–H and O–H groups in total.